The molecular weight excluding hydrogens is 344 g/mol. The molecule has 0 amide bonds. The zero-order valence-corrected chi connectivity index (χ0v) is 16.5. The molecular formula is C21H26O4Si. The summed E-state index contributed by atoms with van der Waals surface area (Å²) in [6.45, 7) is 2.26. The van der Waals surface area contributed by atoms with E-state index in [0.717, 1.165) is 32.1 Å². The Labute approximate surface area is 156 Å². The van der Waals surface area contributed by atoms with Crippen molar-refractivity contribution in [2.75, 3.05) is 34.0 Å². The average Bonchev–Trinajstić information content (AvgIpc) is 3.43. The predicted molar refractivity (Wildman–Crippen MR) is 104 cm³/mol. The van der Waals surface area contributed by atoms with Crippen LogP contribution in [0.3, 0.4) is 0 Å². The van der Waals surface area contributed by atoms with Gasteiger partial charge in [0.05, 0.1) is 13.2 Å². The predicted octanol–water partition coefficient (Wildman–Crippen LogP) is 3.01. The van der Waals surface area contributed by atoms with Crippen molar-refractivity contribution in [2.24, 2.45) is 0 Å². The molecule has 2 aromatic carbocycles. The molecule has 4 nitrogen and oxygen atoms in total. The van der Waals surface area contributed by atoms with Crippen molar-refractivity contribution in [2.45, 2.75) is 25.0 Å². The molecule has 138 valence electrons. The summed E-state index contributed by atoms with van der Waals surface area (Å²) in [6, 6.07) is 16.1. The third-order valence-corrected chi connectivity index (χ3v) is 9.04. The van der Waals surface area contributed by atoms with E-state index in [2.05, 4.69) is 42.5 Å². The standard InChI is InChI=1S/C21H26O4Si/c1-22-26(23-2,12-6-11-24-14-17-15-25-17)21-10-5-9-19-18-8-4-3-7-16(18)13-20(19)21/h3-5,7-10,17H,6,11-15H2,1-2H3. The largest absolute Gasteiger partial charge is 0.394 e. The van der Waals surface area contributed by atoms with Gasteiger partial charge in [0.25, 0.3) is 0 Å². The van der Waals surface area contributed by atoms with Crippen LogP contribution in [0.2, 0.25) is 6.04 Å². The van der Waals surface area contributed by atoms with Gasteiger partial charge in [-0.3, -0.25) is 0 Å². The highest BCUT2D eigenvalue weighted by molar-refractivity contribution is 6.81. The summed E-state index contributed by atoms with van der Waals surface area (Å²) >= 11 is 0. The molecule has 0 saturated carbocycles. The van der Waals surface area contributed by atoms with Crippen LogP contribution in [0.25, 0.3) is 11.1 Å². The molecule has 5 heteroatoms. The second-order valence-corrected chi connectivity index (χ2v) is 10.3. The molecule has 2 aliphatic rings. The van der Waals surface area contributed by atoms with Gasteiger partial charge in [-0.2, -0.15) is 0 Å². The van der Waals surface area contributed by atoms with Crippen LogP contribution in [0.1, 0.15) is 17.5 Å². The van der Waals surface area contributed by atoms with E-state index in [-0.39, 0.29) is 0 Å². The summed E-state index contributed by atoms with van der Waals surface area (Å²) in [5.41, 5.74) is 5.42. The molecule has 0 N–H and O–H groups in total. The monoisotopic (exact) mass is 370 g/mol. The Morgan fingerprint density at radius 2 is 1.81 bits per heavy atom. The summed E-state index contributed by atoms with van der Waals surface area (Å²) < 4.78 is 23.0. The Hall–Kier alpha value is -1.50. The molecule has 2 aromatic rings. The molecule has 0 bridgehead atoms. The van der Waals surface area contributed by atoms with Crippen molar-refractivity contribution in [3.8, 4) is 11.1 Å². The second-order valence-electron chi connectivity index (χ2n) is 6.96. The van der Waals surface area contributed by atoms with Crippen molar-refractivity contribution in [1.82, 2.24) is 0 Å². The van der Waals surface area contributed by atoms with Crippen molar-refractivity contribution < 1.29 is 18.3 Å². The molecule has 1 saturated heterocycles. The van der Waals surface area contributed by atoms with E-state index in [1.807, 2.05) is 0 Å². The smallest absolute Gasteiger partial charge is 0.372 e. The van der Waals surface area contributed by atoms with Crippen LogP contribution in [-0.2, 0) is 24.7 Å². The topological polar surface area (TPSA) is 40.2 Å². The van der Waals surface area contributed by atoms with Gasteiger partial charge < -0.3 is 18.3 Å². The van der Waals surface area contributed by atoms with Crippen molar-refractivity contribution in [1.29, 1.82) is 0 Å². The third kappa shape index (κ3) is 3.38. The Kier molecular flexibility index (Phi) is 5.24. The van der Waals surface area contributed by atoms with Gasteiger partial charge in [-0.05, 0) is 46.3 Å². The van der Waals surface area contributed by atoms with Gasteiger partial charge in [-0.15, -0.1) is 0 Å². The number of hydrogen-bond acceptors (Lipinski definition) is 4. The first-order chi connectivity index (χ1) is 12.8. The molecule has 4 rings (SSSR count). The van der Waals surface area contributed by atoms with Crippen molar-refractivity contribution in [3.05, 3.63) is 53.6 Å². The van der Waals surface area contributed by atoms with E-state index in [9.17, 15) is 0 Å². The van der Waals surface area contributed by atoms with Crippen LogP contribution in [0.15, 0.2) is 42.5 Å². The van der Waals surface area contributed by atoms with Crippen molar-refractivity contribution in [3.63, 3.8) is 0 Å². The Morgan fingerprint density at radius 3 is 2.58 bits per heavy atom. The maximum atomic E-state index is 6.07. The van der Waals surface area contributed by atoms with Crippen LogP contribution >= 0.6 is 0 Å². The molecule has 1 fully saturated rings. The first kappa shape index (κ1) is 17.9. The lowest BCUT2D eigenvalue weighted by atomic mass is 10.1. The van der Waals surface area contributed by atoms with Gasteiger partial charge >= 0.3 is 8.56 Å². The van der Waals surface area contributed by atoms with Crippen LogP contribution in [-0.4, -0.2) is 48.7 Å². The van der Waals surface area contributed by atoms with Gasteiger partial charge in [0.15, 0.2) is 0 Å². The first-order valence-corrected chi connectivity index (χ1v) is 11.3. The number of ether oxygens (including phenoxy) is 2. The quantitative estimate of drug-likeness (QED) is 0.330. The molecule has 26 heavy (non-hydrogen) atoms. The lowest BCUT2D eigenvalue weighted by Crippen LogP contribution is -2.53. The Morgan fingerprint density at radius 1 is 1.04 bits per heavy atom. The van der Waals surface area contributed by atoms with Crippen molar-refractivity contribution >= 4 is 13.7 Å². The number of epoxide rings is 1. The summed E-state index contributed by atoms with van der Waals surface area (Å²) in [5.74, 6) is 0. The van der Waals surface area contributed by atoms with Crippen LogP contribution in [0, 0.1) is 0 Å². The SMILES string of the molecule is CO[Si](CCCOCC1CO1)(OC)c1cccc2c1Cc1ccccc1-2. The summed E-state index contributed by atoms with van der Waals surface area (Å²) in [5, 5.41) is 1.27. The molecule has 0 radical (unpaired) electrons. The van der Waals surface area contributed by atoms with E-state index in [4.69, 9.17) is 18.3 Å². The summed E-state index contributed by atoms with van der Waals surface area (Å²) in [4.78, 5) is 0. The van der Waals surface area contributed by atoms with Gasteiger partial charge in [0, 0.05) is 20.8 Å². The molecule has 0 aromatic heterocycles. The maximum absolute atomic E-state index is 6.07. The van der Waals surface area contributed by atoms with E-state index < -0.39 is 8.56 Å². The highest BCUT2D eigenvalue weighted by atomic mass is 28.4. The Balaban J connectivity index is 1.55. The fraction of sp³-hybridized carbons (Fsp3) is 0.429. The number of hydrogen-bond donors (Lipinski definition) is 0. The van der Waals surface area contributed by atoms with E-state index in [1.54, 1.807) is 14.2 Å². The summed E-state index contributed by atoms with van der Waals surface area (Å²) in [6.07, 6.45) is 2.20. The van der Waals surface area contributed by atoms with Gasteiger partial charge in [-0.25, -0.2) is 0 Å². The normalized spacial score (nSPS) is 17.8. The minimum Gasteiger partial charge on any atom is -0.394 e. The fourth-order valence-corrected chi connectivity index (χ4v) is 6.87. The Bertz CT molecular complexity index is 768. The summed E-state index contributed by atoms with van der Waals surface area (Å²) in [7, 11) is 1.09. The van der Waals surface area contributed by atoms with Crippen LogP contribution in [0.5, 0.6) is 0 Å². The highest BCUT2D eigenvalue weighted by Gasteiger charge is 2.41. The molecule has 1 aliphatic heterocycles. The fourth-order valence-electron chi connectivity index (χ4n) is 3.94. The zero-order chi connectivity index (χ0) is 18.0. The van der Waals surface area contributed by atoms with Crippen LogP contribution in [0.4, 0.5) is 0 Å². The lowest BCUT2D eigenvalue weighted by Gasteiger charge is -2.29. The van der Waals surface area contributed by atoms with Gasteiger partial charge in [0.2, 0.25) is 0 Å². The van der Waals surface area contributed by atoms with E-state index >= 15 is 0 Å². The molecule has 1 atom stereocenters. The number of fused-ring (bicyclic) bond motifs is 3. The minimum absolute atomic E-state index is 0.317. The third-order valence-electron chi connectivity index (χ3n) is 5.42. The zero-order valence-electron chi connectivity index (χ0n) is 15.5. The number of rotatable bonds is 9. The molecule has 0 spiro atoms. The highest BCUT2D eigenvalue weighted by Crippen LogP contribution is 2.36. The first-order valence-electron chi connectivity index (χ1n) is 9.27. The molecule has 1 unspecified atom stereocenters. The van der Waals surface area contributed by atoms with Crippen LogP contribution < -0.4 is 5.19 Å². The lowest BCUT2D eigenvalue weighted by molar-refractivity contribution is 0.115. The molecule has 1 aliphatic carbocycles. The van der Waals surface area contributed by atoms with Gasteiger partial charge in [-0.1, -0.05) is 42.5 Å². The van der Waals surface area contributed by atoms with E-state index in [1.165, 1.54) is 27.4 Å². The maximum Gasteiger partial charge on any atom is 0.372 e. The number of benzene rings is 2. The van der Waals surface area contributed by atoms with E-state index in [0.29, 0.717) is 12.7 Å². The average molecular weight is 371 g/mol. The second kappa shape index (κ2) is 7.62. The minimum atomic E-state index is -2.49. The van der Waals surface area contributed by atoms with Gasteiger partial charge in [0.1, 0.15) is 6.10 Å². The molecule has 1 heterocycles.